The Morgan fingerprint density at radius 1 is 0.487 bits per heavy atom. The summed E-state index contributed by atoms with van der Waals surface area (Å²) in [5.74, 6) is 0.600. The molecule has 0 saturated carbocycles. The lowest BCUT2D eigenvalue weighted by Crippen LogP contribution is -2.27. The molecule has 0 spiro atoms. The lowest BCUT2D eigenvalue weighted by Gasteiger charge is -2.15. The number of fused-ring (bicyclic) bond motifs is 2. The number of anilines is 6. The third-order valence-corrected chi connectivity index (χ3v) is 14.7. The number of halogens is 2. The van der Waals surface area contributed by atoms with Crippen molar-refractivity contribution in [2.45, 2.75) is 22.6 Å². The number of hydrogen-bond donors (Lipinski definition) is 6. The normalized spacial score (nSPS) is 11.4. The molecule has 6 N–H and O–H groups in total. The van der Waals surface area contributed by atoms with Gasteiger partial charge in [0.2, 0.25) is 0 Å². The predicted molar refractivity (Wildman–Crippen MR) is 307 cm³/mol. The van der Waals surface area contributed by atoms with E-state index in [1.54, 1.807) is 97.1 Å². The quantitative estimate of drug-likeness (QED) is 0.0346. The molecule has 2 heterocycles. The minimum Gasteiger partial charge on any atom is -0.497 e. The lowest BCUT2D eigenvalue weighted by atomic mass is 10.2. The summed E-state index contributed by atoms with van der Waals surface area (Å²) >= 11 is 12.7. The fraction of sp³-hybridized carbons (Fsp3) is 0.222. The molecule has 0 atom stereocenters. The number of aromatic nitrogens is 4. The number of amides is 2. The molecule has 8 rings (SSSR count). The van der Waals surface area contributed by atoms with Gasteiger partial charge in [0.15, 0.2) is 23.3 Å². The Morgan fingerprint density at radius 3 is 1.19 bits per heavy atom. The maximum Gasteiger partial charge on any atom is 0.263 e. The second-order valence-corrected chi connectivity index (χ2v) is 22.0. The number of methoxy groups -OCH3 is 2. The molecule has 0 unspecified atom stereocenters. The third-order valence-electron chi connectivity index (χ3n) is 11.4. The summed E-state index contributed by atoms with van der Waals surface area (Å²) < 4.78 is 69.3. The minimum absolute atomic E-state index is 0.0360. The minimum atomic E-state index is -4.15. The zero-order valence-electron chi connectivity index (χ0n) is 43.5. The summed E-state index contributed by atoms with van der Waals surface area (Å²) in [4.78, 5) is 47.3. The van der Waals surface area contributed by atoms with E-state index >= 15 is 0 Å². The van der Waals surface area contributed by atoms with E-state index in [4.69, 9.17) is 32.7 Å². The Kier molecular flexibility index (Phi) is 19.6. The van der Waals surface area contributed by atoms with Crippen molar-refractivity contribution < 1.29 is 35.9 Å². The molecule has 8 aromatic rings. The zero-order chi connectivity index (χ0) is 56.0. The van der Waals surface area contributed by atoms with E-state index in [1.165, 1.54) is 50.6 Å². The van der Waals surface area contributed by atoms with Gasteiger partial charge in [-0.05, 0) is 139 Å². The van der Waals surface area contributed by atoms with Crippen molar-refractivity contribution in [1.82, 2.24) is 40.4 Å². The van der Waals surface area contributed by atoms with Crippen LogP contribution in [0.2, 0.25) is 10.0 Å². The SMILES string of the molecule is COc1ccc(Cl)c(Nc2nc3ccccc3nc2NS(=O)(=O)c2cccc(C(=O)NCCCN(C)C)c2)c1.COc1ccc(Cl)c(Nc2nc3ccccc3nc2NS(=O)(=O)c2cccc(C(=O)NCCCN(C)C)c2)c1. The average molecular weight is 1140 g/mol. The highest BCUT2D eigenvalue weighted by Gasteiger charge is 2.23. The van der Waals surface area contributed by atoms with E-state index in [-0.39, 0.29) is 56.0 Å². The number of nitrogens with one attached hydrogen (secondary N) is 6. The molecule has 2 amide bonds. The molecule has 20 nitrogen and oxygen atoms in total. The number of rotatable bonds is 22. The highest BCUT2D eigenvalue weighted by atomic mass is 35.5. The fourth-order valence-corrected chi connectivity index (χ4v) is 9.84. The highest BCUT2D eigenvalue weighted by molar-refractivity contribution is 7.93. The first kappa shape index (κ1) is 57.8. The lowest BCUT2D eigenvalue weighted by molar-refractivity contribution is 0.0944. The third kappa shape index (κ3) is 15.6. The van der Waals surface area contributed by atoms with Crippen molar-refractivity contribution >= 4 is 112 Å². The zero-order valence-corrected chi connectivity index (χ0v) is 46.6. The Balaban J connectivity index is 0.000000226. The van der Waals surface area contributed by atoms with E-state index in [0.717, 1.165) is 25.9 Å². The summed E-state index contributed by atoms with van der Waals surface area (Å²) in [5.41, 5.74) is 3.45. The van der Waals surface area contributed by atoms with Gasteiger partial charge in [-0.25, -0.2) is 36.8 Å². The maximum absolute atomic E-state index is 13.4. The summed E-state index contributed by atoms with van der Waals surface area (Å²) in [6.45, 7) is 2.59. The van der Waals surface area contributed by atoms with Crippen molar-refractivity contribution in [1.29, 1.82) is 0 Å². The molecular weight excluding hydrogens is 1080 g/mol. The molecular formula is C54H58Cl2N12O8S2. The highest BCUT2D eigenvalue weighted by Crippen LogP contribution is 2.35. The molecule has 2 aromatic heterocycles. The van der Waals surface area contributed by atoms with Gasteiger partial charge in [0.25, 0.3) is 31.9 Å². The van der Waals surface area contributed by atoms with E-state index in [9.17, 15) is 26.4 Å². The Morgan fingerprint density at radius 2 is 0.846 bits per heavy atom. The number of sulfonamides is 2. The molecule has 0 saturated heterocycles. The number of carbonyl (C=O) groups excluding carboxylic acids is 2. The molecule has 6 aromatic carbocycles. The standard InChI is InChI=1S/2C27H29ClN6O4S/c2*1-34(2)15-7-14-29-27(35)18-8-6-9-20(16-18)39(36,37)33-26-25(30-22-10-4-5-11-23(22)31-26)32-24-17-19(38-3)12-13-21(24)28/h2*4-6,8-13,16-17H,7,14-15H2,1-3H3,(H,29,35)(H,30,32)(H,31,33). The smallest absolute Gasteiger partial charge is 0.263 e. The number of hydrogen-bond acceptors (Lipinski definition) is 16. The molecule has 0 aliphatic heterocycles. The van der Waals surface area contributed by atoms with Crippen LogP contribution in [0, 0.1) is 0 Å². The van der Waals surface area contributed by atoms with Crippen LogP contribution >= 0.6 is 23.2 Å². The average Bonchev–Trinajstić information content (AvgIpc) is 3.49. The van der Waals surface area contributed by atoms with Gasteiger partial charge in [-0.1, -0.05) is 59.6 Å². The van der Waals surface area contributed by atoms with Crippen molar-refractivity contribution in [3.8, 4) is 11.5 Å². The van der Waals surface area contributed by atoms with Crippen LogP contribution in [0.1, 0.15) is 33.6 Å². The predicted octanol–water partition coefficient (Wildman–Crippen LogP) is 9.04. The van der Waals surface area contributed by atoms with Crippen LogP contribution in [0.5, 0.6) is 11.5 Å². The molecule has 0 aliphatic rings. The Labute approximate surface area is 463 Å². The summed E-state index contributed by atoms with van der Waals surface area (Å²) in [7, 11) is 2.57. The number of ether oxygens (including phenoxy) is 2. The molecule has 78 heavy (non-hydrogen) atoms. The molecule has 0 aliphatic carbocycles. The molecule has 0 bridgehead atoms. The van der Waals surface area contributed by atoms with Crippen LogP contribution in [0.4, 0.5) is 34.6 Å². The number of benzene rings is 6. The number of carbonyl (C=O) groups is 2. The van der Waals surface area contributed by atoms with Gasteiger partial charge >= 0.3 is 0 Å². The van der Waals surface area contributed by atoms with Crippen molar-refractivity contribution in [2.75, 3.05) is 88.7 Å². The Hall–Kier alpha value is -7.86. The topological polar surface area (TPSA) is 251 Å². The van der Waals surface area contributed by atoms with Gasteiger partial charge in [-0.2, -0.15) is 0 Å². The largest absolute Gasteiger partial charge is 0.497 e. The van der Waals surface area contributed by atoms with E-state index < -0.39 is 20.0 Å². The van der Waals surface area contributed by atoms with Crippen LogP contribution in [0.3, 0.4) is 0 Å². The first-order chi connectivity index (χ1) is 37.3. The first-order valence-electron chi connectivity index (χ1n) is 24.2. The number of para-hydroxylation sites is 4. The van der Waals surface area contributed by atoms with E-state index in [0.29, 0.717) is 68.1 Å². The molecule has 0 fully saturated rings. The van der Waals surface area contributed by atoms with Crippen LogP contribution < -0.4 is 40.2 Å². The van der Waals surface area contributed by atoms with Crippen molar-refractivity contribution in [3.63, 3.8) is 0 Å². The molecule has 24 heteroatoms. The second kappa shape index (κ2) is 26.5. The monoisotopic (exact) mass is 1140 g/mol. The van der Waals surface area contributed by atoms with E-state index in [2.05, 4.69) is 50.6 Å². The molecule has 0 radical (unpaired) electrons. The van der Waals surface area contributed by atoms with Crippen molar-refractivity contribution in [3.05, 3.63) is 155 Å². The second-order valence-electron chi connectivity index (χ2n) is 17.9. The van der Waals surface area contributed by atoms with E-state index in [1.807, 2.05) is 38.0 Å². The molecule has 408 valence electrons. The van der Waals surface area contributed by atoms with Gasteiger partial charge in [-0.15, -0.1) is 0 Å². The summed E-state index contributed by atoms with van der Waals surface area (Å²) in [5, 5.41) is 12.5. The van der Waals surface area contributed by atoms with Gasteiger partial charge in [0.05, 0.1) is 67.5 Å². The first-order valence-corrected chi connectivity index (χ1v) is 27.9. The van der Waals surface area contributed by atoms with Gasteiger partial charge in [0, 0.05) is 36.3 Å². The van der Waals surface area contributed by atoms with Crippen LogP contribution in [-0.2, 0) is 20.0 Å². The maximum atomic E-state index is 13.4. The van der Waals surface area contributed by atoms with Crippen LogP contribution in [-0.4, -0.2) is 127 Å². The van der Waals surface area contributed by atoms with Crippen molar-refractivity contribution in [2.24, 2.45) is 0 Å². The number of nitrogens with zero attached hydrogens (tertiary/aromatic N) is 6. The summed E-state index contributed by atoms with van der Waals surface area (Å²) in [6, 6.07) is 35.8. The fourth-order valence-electron chi connectivity index (χ4n) is 7.41. The summed E-state index contributed by atoms with van der Waals surface area (Å²) in [6.07, 6.45) is 1.54. The Bertz CT molecular complexity index is 3430. The van der Waals surface area contributed by atoms with Crippen LogP contribution in [0.15, 0.2) is 143 Å². The van der Waals surface area contributed by atoms with Gasteiger partial charge in [-0.3, -0.25) is 19.0 Å². The van der Waals surface area contributed by atoms with Gasteiger partial charge in [0.1, 0.15) is 11.5 Å². The van der Waals surface area contributed by atoms with Crippen LogP contribution in [0.25, 0.3) is 22.1 Å². The van der Waals surface area contributed by atoms with Gasteiger partial charge < -0.3 is 40.5 Å².